The minimum atomic E-state index is -3.71. The van der Waals surface area contributed by atoms with E-state index in [2.05, 4.69) is 4.72 Å². The van der Waals surface area contributed by atoms with Crippen molar-refractivity contribution in [3.8, 4) is 0 Å². The van der Waals surface area contributed by atoms with Crippen molar-refractivity contribution in [2.24, 2.45) is 0 Å². The molecular formula is C24H24N2O4S. The zero-order valence-electron chi connectivity index (χ0n) is 17.4. The number of Topliss-reactive ketones (excluding diaryl/α,β-unsaturated/α-hetero) is 1. The minimum absolute atomic E-state index is 0.0884. The molecule has 0 saturated heterocycles. The summed E-state index contributed by atoms with van der Waals surface area (Å²) in [7, 11) is -1.97. The van der Waals surface area contributed by atoms with Crippen LogP contribution in [0.4, 0.5) is 0 Å². The average molecular weight is 437 g/mol. The fraction of sp³-hybridized carbons (Fsp3) is 0.167. The molecule has 160 valence electrons. The van der Waals surface area contributed by atoms with Gasteiger partial charge in [-0.2, -0.15) is 0 Å². The summed E-state index contributed by atoms with van der Waals surface area (Å²) in [5.41, 5.74) is 2.76. The highest BCUT2D eigenvalue weighted by molar-refractivity contribution is 7.89. The second kappa shape index (κ2) is 9.68. The highest BCUT2D eigenvalue weighted by atomic mass is 32.2. The number of amides is 1. The Kier molecular flexibility index (Phi) is 6.99. The van der Waals surface area contributed by atoms with Crippen molar-refractivity contribution in [3.63, 3.8) is 0 Å². The lowest BCUT2D eigenvalue weighted by molar-refractivity contribution is 0.0785. The smallest absolute Gasteiger partial charge is 0.253 e. The van der Waals surface area contributed by atoms with E-state index in [-0.39, 0.29) is 23.1 Å². The van der Waals surface area contributed by atoms with Gasteiger partial charge < -0.3 is 4.90 Å². The molecule has 0 heterocycles. The number of rotatable bonds is 8. The standard InChI is InChI=1S/C24H24N2O4S/c1-18(27)21-12-14-23(15-13-21)31(29,30)25-16-19-8-10-22(11-9-19)24(28)26(2)17-20-6-4-3-5-7-20/h3-15,25H,16-17H2,1-2H3. The van der Waals surface area contributed by atoms with Crippen molar-refractivity contribution in [2.75, 3.05) is 7.05 Å². The van der Waals surface area contributed by atoms with Gasteiger partial charge in [0.2, 0.25) is 10.0 Å². The molecule has 0 aliphatic carbocycles. The maximum atomic E-state index is 12.6. The van der Waals surface area contributed by atoms with Gasteiger partial charge in [0.1, 0.15) is 0 Å². The molecule has 3 rings (SSSR count). The Morgan fingerprint density at radius 1 is 0.806 bits per heavy atom. The zero-order valence-corrected chi connectivity index (χ0v) is 18.2. The maximum absolute atomic E-state index is 12.6. The molecular weight excluding hydrogens is 412 g/mol. The normalized spacial score (nSPS) is 11.2. The number of sulfonamides is 1. The Morgan fingerprint density at radius 3 is 1.97 bits per heavy atom. The van der Waals surface area contributed by atoms with Crippen LogP contribution in [0.1, 0.15) is 38.8 Å². The molecule has 1 N–H and O–H groups in total. The lowest BCUT2D eigenvalue weighted by atomic mass is 10.1. The van der Waals surface area contributed by atoms with E-state index in [1.54, 1.807) is 36.2 Å². The fourth-order valence-corrected chi connectivity index (χ4v) is 4.06. The van der Waals surface area contributed by atoms with Gasteiger partial charge in [0.15, 0.2) is 5.78 Å². The summed E-state index contributed by atoms with van der Waals surface area (Å²) in [4.78, 5) is 25.7. The molecule has 31 heavy (non-hydrogen) atoms. The monoisotopic (exact) mass is 436 g/mol. The van der Waals surface area contributed by atoms with Crippen molar-refractivity contribution < 1.29 is 18.0 Å². The van der Waals surface area contributed by atoms with Gasteiger partial charge in [0.25, 0.3) is 5.91 Å². The third-order valence-corrected chi connectivity index (χ3v) is 6.26. The molecule has 0 saturated carbocycles. The summed E-state index contributed by atoms with van der Waals surface area (Å²) >= 11 is 0. The van der Waals surface area contributed by atoms with E-state index >= 15 is 0 Å². The fourth-order valence-electron chi connectivity index (χ4n) is 3.05. The lowest BCUT2D eigenvalue weighted by Crippen LogP contribution is -2.26. The molecule has 0 spiro atoms. The molecule has 0 radical (unpaired) electrons. The molecule has 3 aromatic rings. The highest BCUT2D eigenvalue weighted by Crippen LogP contribution is 2.13. The molecule has 0 fully saturated rings. The van der Waals surface area contributed by atoms with Crippen molar-refractivity contribution in [3.05, 3.63) is 101 Å². The first kappa shape index (κ1) is 22.4. The van der Waals surface area contributed by atoms with Gasteiger partial charge in [-0.05, 0) is 42.3 Å². The van der Waals surface area contributed by atoms with Crippen LogP contribution in [0.5, 0.6) is 0 Å². The van der Waals surface area contributed by atoms with Crippen LogP contribution in [0.3, 0.4) is 0 Å². The van der Waals surface area contributed by atoms with Crippen molar-refractivity contribution in [2.45, 2.75) is 24.9 Å². The Morgan fingerprint density at radius 2 is 1.39 bits per heavy atom. The topological polar surface area (TPSA) is 83.5 Å². The maximum Gasteiger partial charge on any atom is 0.253 e. The summed E-state index contributed by atoms with van der Waals surface area (Å²) in [6, 6.07) is 22.3. The molecule has 0 atom stereocenters. The first-order valence-electron chi connectivity index (χ1n) is 9.75. The van der Waals surface area contributed by atoms with E-state index in [0.29, 0.717) is 17.7 Å². The summed E-state index contributed by atoms with van der Waals surface area (Å²) < 4.78 is 27.5. The minimum Gasteiger partial charge on any atom is -0.337 e. The predicted molar refractivity (Wildman–Crippen MR) is 119 cm³/mol. The van der Waals surface area contributed by atoms with Crippen molar-refractivity contribution in [1.82, 2.24) is 9.62 Å². The third-order valence-electron chi connectivity index (χ3n) is 4.85. The summed E-state index contributed by atoms with van der Waals surface area (Å²) in [5.74, 6) is -0.234. The van der Waals surface area contributed by atoms with Gasteiger partial charge in [0, 0.05) is 31.3 Å². The predicted octanol–water partition coefficient (Wildman–Crippen LogP) is 3.64. The second-order valence-electron chi connectivity index (χ2n) is 7.25. The molecule has 0 aliphatic rings. The molecule has 0 bridgehead atoms. The van der Waals surface area contributed by atoms with Gasteiger partial charge in [0.05, 0.1) is 4.90 Å². The largest absolute Gasteiger partial charge is 0.337 e. The summed E-state index contributed by atoms with van der Waals surface area (Å²) in [6.07, 6.45) is 0. The second-order valence-corrected chi connectivity index (χ2v) is 9.02. The Labute approximate surface area is 182 Å². The first-order valence-corrected chi connectivity index (χ1v) is 11.2. The number of hydrogen-bond acceptors (Lipinski definition) is 4. The molecule has 6 nitrogen and oxygen atoms in total. The number of nitrogens with zero attached hydrogens (tertiary/aromatic N) is 1. The van der Waals surface area contributed by atoms with E-state index < -0.39 is 10.0 Å². The van der Waals surface area contributed by atoms with E-state index in [1.165, 1.54) is 31.2 Å². The average Bonchev–Trinajstić information content (AvgIpc) is 2.78. The van der Waals surface area contributed by atoms with Crippen LogP contribution in [0.15, 0.2) is 83.8 Å². The van der Waals surface area contributed by atoms with Crippen LogP contribution in [-0.4, -0.2) is 32.1 Å². The Hall–Kier alpha value is -3.29. The number of ketones is 1. The third kappa shape index (κ3) is 5.87. The van der Waals surface area contributed by atoms with Gasteiger partial charge in [-0.3, -0.25) is 9.59 Å². The lowest BCUT2D eigenvalue weighted by Gasteiger charge is -2.17. The van der Waals surface area contributed by atoms with E-state index in [0.717, 1.165) is 11.1 Å². The van der Waals surface area contributed by atoms with Gasteiger partial charge in [-0.15, -0.1) is 0 Å². The first-order chi connectivity index (χ1) is 14.8. The van der Waals surface area contributed by atoms with Gasteiger partial charge >= 0.3 is 0 Å². The summed E-state index contributed by atoms with van der Waals surface area (Å²) in [5, 5.41) is 0. The molecule has 3 aromatic carbocycles. The Bertz CT molecular complexity index is 1160. The van der Waals surface area contributed by atoms with Gasteiger partial charge in [-0.25, -0.2) is 13.1 Å². The van der Waals surface area contributed by atoms with Crippen LogP contribution in [0, 0.1) is 0 Å². The SMILES string of the molecule is CC(=O)c1ccc(S(=O)(=O)NCc2ccc(C(=O)N(C)Cc3ccccc3)cc2)cc1. The molecule has 0 aliphatic heterocycles. The van der Waals surface area contributed by atoms with Gasteiger partial charge in [-0.1, -0.05) is 54.6 Å². The molecule has 0 aromatic heterocycles. The Balaban J connectivity index is 1.61. The number of hydrogen-bond donors (Lipinski definition) is 1. The molecule has 1 amide bonds. The van der Waals surface area contributed by atoms with Crippen LogP contribution in [-0.2, 0) is 23.1 Å². The number of nitrogens with one attached hydrogen (secondary N) is 1. The highest BCUT2D eigenvalue weighted by Gasteiger charge is 2.15. The van der Waals surface area contributed by atoms with E-state index in [4.69, 9.17) is 0 Å². The number of carbonyl (C=O) groups excluding carboxylic acids is 2. The van der Waals surface area contributed by atoms with Crippen LogP contribution >= 0.6 is 0 Å². The van der Waals surface area contributed by atoms with Crippen molar-refractivity contribution in [1.29, 1.82) is 0 Å². The molecule has 0 unspecified atom stereocenters. The number of carbonyl (C=O) groups is 2. The zero-order chi connectivity index (χ0) is 22.4. The summed E-state index contributed by atoms with van der Waals surface area (Å²) in [6.45, 7) is 2.02. The van der Waals surface area contributed by atoms with Crippen LogP contribution in [0.2, 0.25) is 0 Å². The van der Waals surface area contributed by atoms with Crippen LogP contribution < -0.4 is 4.72 Å². The van der Waals surface area contributed by atoms with Crippen LogP contribution in [0.25, 0.3) is 0 Å². The number of benzene rings is 3. The van der Waals surface area contributed by atoms with Crippen molar-refractivity contribution >= 4 is 21.7 Å². The molecule has 7 heteroatoms. The van der Waals surface area contributed by atoms with E-state index in [1.807, 2.05) is 30.3 Å². The quantitative estimate of drug-likeness (QED) is 0.547. The van der Waals surface area contributed by atoms with E-state index in [9.17, 15) is 18.0 Å².